The molecule has 1 aromatic heterocycles. The van der Waals surface area contributed by atoms with Crippen LogP contribution in [0.3, 0.4) is 0 Å². The molecule has 0 radical (unpaired) electrons. The zero-order chi connectivity index (χ0) is 15.6. The van der Waals surface area contributed by atoms with Gasteiger partial charge in [-0.15, -0.1) is 0 Å². The first-order chi connectivity index (χ1) is 9.95. The molecule has 0 spiro atoms. The van der Waals surface area contributed by atoms with Crippen LogP contribution in [-0.4, -0.2) is 10.5 Å². The Morgan fingerprint density at radius 3 is 2.52 bits per heavy atom. The minimum absolute atomic E-state index is 0.0416. The minimum atomic E-state index is -0.710. The Kier molecular flexibility index (Phi) is 3.95. The highest BCUT2D eigenvalue weighted by Crippen LogP contribution is 2.24. The summed E-state index contributed by atoms with van der Waals surface area (Å²) >= 11 is 0. The van der Waals surface area contributed by atoms with Crippen LogP contribution in [-0.2, 0) is 4.79 Å². The first kappa shape index (κ1) is 14.6. The number of aromatic nitrogens is 1. The molecule has 0 aliphatic rings. The molecule has 2 rings (SSSR count). The second-order valence-corrected chi connectivity index (χ2v) is 4.98. The maximum absolute atomic E-state index is 11.2. The Labute approximate surface area is 124 Å². The van der Waals surface area contributed by atoms with Crippen molar-refractivity contribution in [2.24, 2.45) is 5.73 Å². The van der Waals surface area contributed by atoms with Gasteiger partial charge < -0.3 is 10.3 Å². The highest BCUT2D eigenvalue weighted by molar-refractivity contribution is 6.00. The summed E-state index contributed by atoms with van der Waals surface area (Å²) in [5.41, 5.74) is 10.2. The molecule has 0 bridgehead atoms. The number of nitrogens with two attached hydrogens (primary N) is 1. The van der Waals surface area contributed by atoms with E-state index in [4.69, 9.17) is 11.0 Å². The average molecular weight is 279 g/mol. The first-order valence-corrected chi connectivity index (χ1v) is 6.62. The lowest BCUT2D eigenvalue weighted by atomic mass is 10.1. The van der Waals surface area contributed by atoms with Crippen molar-refractivity contribution >= 4 is 12.0 Å². The molecule has 2 aromatic rings. The van der Waals surface area contributed by atoms with Gasteiger partial charge in [0.15, 0.2) is 0 Å². The molecule has 0 unspecified atom stereocenters. The number of hydrogen-bond donors (Lipinski definition) is 1. The van der Waals surface area contributed by atoms with Gasteiger partial charge in [-0.25, -0.2) is 0 Å². The Bertz CT molecular complexity index is 776. The van der Waals surface area contributed by atoms with Gasteiger partial charge in [0.1, 0.15) is 11.6 Å². The van der Waals surface area contributed by atoms with Crippen LogP contribution in [0.4, 0.5) is 0 Å². The molecular weight excluding hydrogens is 262 g/mol. The summed E-state index contributed by atoms with van der Waals surface area (Å²) in [4.78, 5) is 11.2. The minimum Gasteiger partial charge on any atom is -0.365 e. The average Bonchev–Trinajstić information content (AvgIpc) is 2.71. The van der Waals surface area contributed by atoms with Crippen molar-refractivity contribution in [3.8, 4) is 11.8 Å². The van der Waals surface area contributed by atoms with E-state index in [1.54, 1.807) is 6.08 Å². The van der Waals surface area contributed by atoms with Crippen molar-refractivity contribution in [1.82, 2.24) is 4.57 Å². The van der Waals surface area contributed by atoms with Gasteiger partial charge in [-0.05, 0) is 50.1 Å². The van der Waals surface area contributed by atoms with Crippen LogP contribution in [0.15, 0.2) is 35.9 Å². The Balaban J connectivity index is 2.62. The van der Waals surface area contributed by atoms with Crippen molar-refractivity contribution in [3.63, 3.8) is 0 Å². The lowest BCUT2D eigenvalue weighted by Gasteiger charge is -2.12. The molecule has 0 fully saturated rings. The van der Waals surface area contributed by atoms with Crippen LogP contribution in [0.5, 0.6) is 0 Å². The molecule has 0 saturated heterocycles. The molecule has 0 aliphatic heterocycles. The predicted molar refractivity (Wildman–Crippen MR) is 82.8 cm³/mol. The standard InChI is InChI=1S/C17H17N3O/c1-11-6-4-5-7-16(11)20-12(2)8-14(13(20)3)9-15(10-18)17(19)21/h4-9H,1-3H3,(H2,19,21)/b15-9+. The lowest BCUT2D eigenvalue weighted by Crippen LogP contribution is -2.12. The number of nitrogens with zero attached hydrogens (tertiary/aromatic N) is 2. The van der Waals surface area contributed by atoms with Gasteiger partial charge in [-0.3, -0.25) is 4.79 Å². The molecule has 1 aromatic carbocycles. The number of benzene rings is 1. The third-order valence-electron chi connectivity index (χ3n) is 3.51. The number of hydrogen-bond acceptors (Lipinski definition) is 2. The number of carbonyl (C=O) groups excluding carboxylic acids is 1. The van der Waals surface area contributed by atoms with E-state index in [0.29, 0.717) is 0 Å². The molecule has 0 atom stereocenters. The second kappa shape index (κ2) is 5.68. The maximum Gasteiger partial charge on any atom is 0.259 e. The summed E-state index contributed by atoms with van der Waals surface area (Å²) in [6.45, 7) is 6.00. The number of para-hydroxylation sites is 1. The summed E-state index contributed by atoms with van der Waals surface area (Å²) in [6, 6.07) is 11.9. The van der Waals surface area contributed by atoms with E-state index in [-0.39, 0.29) is 5.57 Å². The maximum atomic E-state index is 11.2. The normalized spacial score (nSPS) is 11.2. The Hall–Kier alpha value is -2.80. The van der Waals surface area contributed by atoms with Crippen LogP contribution < -0.4 is 5.73 Å². The smallest absolute Gasteiger partial charge is 0.259 e. The number of primary amides is 1. The summed E-state index contributed by atoms with van der Waals surface area (Å²) in [7, 11) is 0. The van der Waals surface area contributed by atoms with Crippen molar-refractivity contribution in [2.45, 2.75) is 20.8 Å². The first-order valence-electron chi connectivity index (χ1n) is 6.62. The van der Waals surface area contributed by atoms with Crippen molar-refractivity contribution in [2.75, 3.05) is 0 Å². The monoisotopic (exact) mass is 279 g/mol. The topological polar surface area (TPSA) is 71.8 Å². The number of carbonyl (C=O) groups is 1. The predicted octanol–water partition coefficient (Wildman–Crippen LogP) is 2.79. The Morgan fingerprint density at radius 2 is 1.95 bits per heavy atom. The number of amides is 1. The zero-order valence-corrected chi connectivity index (χ0v) is 12.3. The van der Waals surface area contributed by atoms with Crippen molar-refractivity contribution in [3.05, 3.63) is 58.4 Å². The molecule has 0 saturated carbocycles. The molecule has 21 heavy (non-hydrogen) atoms. The molecule has 0 aliphatic carbocycles. The van der Waals surface area contributed by atoms with Gasteiger partial charge in [0.05, 0.1) is 0 Å². The summed E-state index contributed by atoms with van der Waals surface area (Å²) in [5, 5.41) is 8.96. The van der Waals surface area contributed by atoms with Crippen LogP contribution >= 0.6 is 0 Å². The fraction of sp³-hybridized carbons (Fsp3) is 0.176. The highest BCUT2D eigenvalue weighted by atomic mass is 16.1. The van der Waals surface area contributed by atoms with Crippen LogP contribution in [0.1, 0.15) is 22.5 Å². The molecule has 2 N–H and O–H groups in total. The van der Waals surface area contributed by atoms with E-state index in [1.165, 1.54) is 0 Å². The van der Waals surface area contributed by atoms with Crippen LogP contribution in [0.25, 0.3) is 11.8 Å². The summed E-state index contributed by atoms with van der Waals surface area (Å²) in [6.07, 6.45) is 1.54. The number of rotatable bonds is 3. The van der Waals surface area contributed by atoms with Gasteiger partial charge in [0.25, 0.3) is 5.91 Å². The Morgan fingerprint density at radius 1 is 1.29 bits per heavy atom. The van der Waals surface area contributed by atoms with Crippen LogP contribution in [0, 0.1) is 32.1 Å². The van der Waals surface area contributed by atoms with E-state index < -0.39 is 5.91 Å². The summed E-state index contributed by atoms with van der Waals surface area (Å²) < 4.78 is 2.11. The van der Waals surface area contributed by atoms with E-state index in [2.05, 4.69) is 4.57 Å². The van der Waals surface area contributed by atoms with Gasteiger partial charge in [-0.1, -0.05) is 18.2 Å². The highest BCUT2D eigenvalue weighted by Gasteiger charge is 2.12. The van der Waals surface area contributed by atoms with Crippen molar-refractivity contribution in [1.29, 1.82) is 5.26 Å². The van der Waals surface area contributed by atoms with E-state index in [9.17, 15) is 4.79 Å². The quantitative estimate of drug-likeness (QED) is 0.693. The number of nitriles is 1. The number of aryl methyl sites for hydroxylation is 2. The fourth-order valence-corrected chi connectivity index (χ4v) is 2.43. The zero-order valence-electron chi connectivity index (χ0n) is 12.3. The van der Waals surface area contributed by atoms with E-state index in [0.717, 1.165) is 28.2 Å². The van der Waals surface area contributed by atoms with Gasteiger partial charge in [-0.2, -0.15) is 5.26 Å². The van der Waals surface area contributed by atoms with Gasteiger partial charge in [0, 0.05) is 17.1 Å². The summed E-state index contributed by atoms with van der Waals surface area (Å²) in [5.74, 6) is -0.710. The molecule has 4 nitrogen and oxygen atoms in total. The second-order valence-electron chi connectivity index (χ2n) is 4.98. The van der Waals surface area contributed by atoms with Gasteiger partial charge >= 0.3 is 0 Å². The lowest BCUT2D eigenvalue weighted by molar-refractivity contribution is -0.114. The third kappa shape index (κ3) is 2.72. The van der Waals surface area contributed by atoms with E-state index in [1.807, 2.05) is 57.2 Å². The van der Waals surface area contributed by atoms with Gasteiger partial charge in [0.2, 0.25) is 0 Å². The molecule has 1 amide bonds. The molecule has 4 heteroatoms. The fourth-order valence-electron chi connectivity index (χ4n) is 2.43. The van der Waals surface area contributed by atoms with Crippen molar-refractivity contribution < 1.29 is 4.79 Å². The van der Waals surface area contributed by atoms with Crippen LogP contribution in [0.2, 0.25) is 0 Å². The molecular formula is C17H17N3O. The largest absolute Gasteiger partial charge is 0.365 e. The molecule has 106 valence electrons. The van der Waals surface area contributed by atoms with E-state index >= 15 is 0 Å². The SMILES string of the molecule is Cc1ccccc1-n1c(C)cc(/C=C(\C#N)C(N)=O)c1C. The molecule has 1 heterocycles. The third-order valence-corrected chi connectivity index (χ3v) is 3.51.